The molecule has 0 aliphatic carbocycles. The number of nitrogens with one attached hydrogen (secondary N) is 1. The Bertz CT molecular complexity index is 1280. The molecule has 1 fully saturated rings. The minimum atomic E-state index is -1.05. The zero-order valence-corrected chi connectivity index (χ0v) is 18.2. The molecule has 0 radical (unpaired) electrons. The zero-order chi connectivity index (χ0) is 22.1. The maximum atomic E-state index is 12.4. The molecule has 0 bridgehead atoms. The molecular weight excluding hydrogens is 436 g/mol. The van der Waals surface area contributed by atoms with E-state index in [1.54, 1.807) is 18.2 Å². The van der Waals surface area contributed by atoms with Gasteiger partial charge in [0.25, 0.3) is 5.91 Å². The molecular formula is C23H17ClN2O4S. The number of aryl methyl sites for hydroxylation is 1. The number of amides is 1. The molecule has 0 unspecified atom stereocenters. The number of thioether (sulfide) groups is 1. The number of carbonyl (C=O) groups excluding carboxylic acids is 1. The third-order valence-corrected chi connectivity index (χ3v) is 6.07. The van der Waals surface area contributed by atoms with Gasteiger partial charge in [-0.25, -0.2) is 9.79 Å². The van der Waals surface area contributed by atoms with Crippen LogP contribution in [0.5, 0.6) is 0 Å². The Hall–Kier alpha value is -3.29. The van der Waals surface area contributed by atoms with E-state index in [1.165, 1.54) is 30.0 Å². The third kappa shape index (κ3) is 4.42. The second-order valence-corrected chi connectivity index (χ2v) is 8.34. The van der Waals surface area contributed by atoms with Crippen molar-refractivity contribution in [3.8, 4) is 11.3 Å². The Kier molecular flexibility index (Phi) is 5.71. The number of rotatable bonds is 4. The number of carboxylic acid groups (broad SMARTS) is 1. The molecule has 0 spiro atoms. The van der Waals surface area contributed by atoms with Gasteiger partial charge < -0.3 is 14.8 Å². The van der Waals surface area contributed by atoms with Crippen LogP contribution in [0, 0.1) is 13.8 Å². The predicted molar refractivity (Wildman–Crippen MR) is 123 cm³/mol. The summed E-state index contributed by atoms with van der Waals surface area (Å²) in [6, 6.07) is 13.6. The molecule has 1 saturated heterocycles. The molecule has 31 heavy (non-hydrogen) atoms. The van der Waals surface area contributed by atoms with Crippen molar-refractivity contribution in [2.45, 2.75) is 13.8 Å². The highest BCUT2D eigenvalue weighted by molar-refractivity contribution is 8.18. The minimum absolute atomic E-state index is 0.105. The highest BCUT2D eigenvalue weighted by atomic mass is 35.5. The fraction of sp³-hybridized carbons (Fsp3) is 0.0870. The molecule has 156 valence electrons. The van der Waals surface area contributed by atoms with Gasteiger partial charge in [-0.05, 0) is 73.1 Å². The van der Waals surface area contributed by atoms with Crippen LogP contribution in [-0.2, 0) is 4.79 Å². The highest BCUT2D eigenvalue weighted by Gasteiger charge is 2.24. The number of benzene rings is 2. The molecule has 4 rings (SSSR count). The summed E-state index contributed by atoms with van der Waals surface area (Å²) in [5.41, 5.74) is 3.55. The SMILES string of the molecule is Cc1cccc(N=C2NC(=O)/C(=C/c3ccc(-c4cc(C(=O)O)ccc4Cl)o3)S2)c1C. The number of carboxylic acids is 1. The van der Waals surface area contributed by atoms with E-state index in [4.69, 9.17) is 16.0 Å². The van der Waals surface area contributed by atoms with Crippen molar-refractivity contribution in [2.75, 3.05) is 0 Å². The Labute approximate surface area is 187 Å². The van der Waals surface area contributed by atoms with Crippen LogP contribution < -0.4 is 5.32 Å². The molecule has 2 heterocycles. The summed E-state index contributed by atoms with van der Waals surface area (Å²) in [5, 5.41) is 12.8. The summed E-state index contributed by atoms with van der Waals surface area (Å²) in [7, 11) is 0. The van der Waals surface area contributed by atoms with Crippen molar-refractivity contribution in [3.63, 3.8) is 0 Å². The number of hydrogen-bond acceptors (Lipinski definition) is 5. The van der Waals surface area contributed by atoms with Crippen LogP contribution >= 0.6 is 23.4 Å². The van der Waals surface area contributed by atoms with Gasteiger partial charge in [0, 0.05) is 11.6 Å². The first-order chi connectivity index (χ1) is 14.8. The van der Waals surface area contributed by atoms with Crippen molar-refractivity contribution in [1.82, 2.24) is 5.32 Å². The first-order valence-corrected chi connectivity index (χ1v) is 10.5. The Morgan fingerprint density at radius 3 is 2.77 bits per heavy atom. The van der Waals surface area contributed by atoms with Gasteiger partial charge in [0.1, 0.15) is 11.5 Å². The van der Waals surface area contributed by atoms with E-state index in [-0.39, 0.29) is 11.5 Å². The monoisotopic (exact) mass is 452 g/mol. The molecule has 1 amide bonds. The van der Waals surface area contributed by atoms with Crippen molar-refractivity contribution in [2.24, 2.45) is 4.99 Å². The van der Waals surface area contributed by atoms with E-state index in [0.717, 1.165) is 16.8 Å². The van der Waals surface area contributed by atoms with E-state index < -0.39 is 5.97 Å². The van der Waals surface area contributed by atoms with Crippen LogP contribution in [-0.4, -0.2) is 22.2 Å². The van der Waals surface area contributed by atoms with Crippen LogP contribution in [0.1, 0.15) is 27.2 Å². The fourth-order valence-corrected chi connectivity index (χ4v) is 4.02. The third-order valence-electron chi connectivity index (χ3n) is 4.83. The lowest BCUT2D eigenvalue weighted by atomic mass is 10.1. The van der Waals surface area contributed by atoms with Gasteiger partial charge in [-0.1, -0.05) is 23.7 Å². The molecule has 1 aliphatic heterocycles. The number of amidine groups is 1. The molecule has 0 saturated carbocycles. The van der Waals surface area contributed by atoms with Crippen molar-refractivity contribution in [1.29, 1.82) is 0 Å². The lowest BCUT2D eigenvalue weighted by Crippen LogP contribution is -2.19. The van der Waals surface area contributed by atoms with Gasteiger partial charge in [0.05, 0.1) is 21.2 Å². The van der Waals surface area contributed by atoms with Crippen LogP contribution in [0.4, 0.5) is 5.69 Å². The van der Waals surface area contributed by atoms with E-state index in [0.29, 0.717) is 32.2 Å². The number of nitrogens with zero attached hydrogens (tertiary/aromatic N) is 1. The standard InChI is InChI=1S/C23H17ClN2O4S/c1-12-4-3-5-18(13(12)2)25-23-26-21(27)20(31-23)11-15-7-9-19(30-15)16-10-14(22(28)29)6-8-17(16)24/h3-11H,1-2H3,(H,28,29)(H,25,26,27)/b20-11-. The smallest absolute Gasteiger partial charge is 0.335 e. The summed E-state index contributed by atoms with van der Waals surface area (Å²) in [6.07, 6.45) is 1.62. The average molecular weight is 453 g/mol. The minimum Gasteiger partial charge on any atom is -0.478 e. The number of aliphatic imine (C=N–C) groups is 1. The summed E-state index contributed by atoms with van der Waals surface area (Å²) < 4.78 is 5.80. The van der Waals surface area contributed by atoms with Crippen LogP contribution in [0.25, 0.3) is 17.4 Å². The van der Waals surface area contributed by atoms with Gasteiger partial charge in [-0.3, -0.25) is 4.79 Å². The van der Waals surface area contributed by atoms with Gasteiger partial charge in [0.15, 0.2) is 5.17 Å². The van der Waals surface area contributed by atoms with Gasteiger partial charge in [-0.15, -0.1) is 0 Å². The zero-order valence-electron chi connectivity index (χ0n) is 16.6. The number of halogens is 1. The first-order valence-electron chi connectivity index (χ1n) is 9.30. The number of carbonyl (C=O) groups is 2. The number of furan rings is 1. The normalized spacial score (nSPS) is 16.2. The second-order valence-electron chi connectivity index (χ2n) is 6.90. The molecule has 0 atom stereocenters. The van der Waals surface area contributed by atoms with E-state index in [1.807, 2.05) is 32.0 Å². The molecule has 2 N–H and O–H groups in total. The quantitative estimate of drug-likeness (QED) is 0.487. The highest BCUT2D eigenvalue weighted by Crippen LogP contribution is 2.33. The summed E-state index contributed by atoms with van der Waals surface area (Å²) in [6.45, 7) is 4.00. The van der Waals surface area contributed by atoms with Crippen LogP contribution in [0.3, 0.4) is 0 Å². The fourth-order valence-electron chi connectivity index (χ4n) is 3.00. The average Bonchev–Trinajstić information content (AvgIpc) is 3.32. The molecule has 6 nitrogen and oxygen atoms in total. The summed E-state index contributed by atoms with van der Waals surface area (Å²) >= 11 is 7.43. The Morgan fingerprint density at radius 1 is 1.19 bits per heavy atom. The lowest BCUT2D eigenvalue weighted by Gasteiger charge is -2.04. The Balaban J connectivity index is 1.59. The lowest BCUT2D eigenvalue weighted by molar-refractivity contribution is -0.115. The molecule has 1 aliphatic rings. The molecule has 1 aromatic heterocycles. The maximum Gasteiger partial charge on any atom is 0.335 e. The van der Waals surface area contributed by atoms with E-state index in [9.17, 15) is 14.7 Å². The predicted octanol–water partition coefficient (Wildman–Crippen LogP) is 5.81. The van der Waals surface area contributed by atoms with Crippen molar-refractivity contribution in [3.05, 3.63) is 80.9 Å². The van der Waals surface area contributed by atoms with Crippen LogP contribution in [0.15, 0.2) is 62.8 Å². The van der Waals surface area contributed by atoms with Gasteiger partial charge in [-0.2, -0.15) is 0 Å². The first kappa shape index (κ1) is 21.0. The molecule has 8 heteroatoms. The van der Waals surface area contributed by atoms with Crippen LogP contribution in [0.2, 0.25) is 5.02 Å². The maximum absolute atomic E-state index is 12.4. The van der Waals surface area contributed by atoms with Gasteiger partial charge in [0.2, 0.25) is 0 Å². The summed E-state index contributed by atoms with van der Waals surface area (Å²) in [4.78, 5) is 28.6. The number of hydrogen-bond donors (Lipinski definition) is 2. The second kappa shape index (κ2) is 8.45. The van der Waals surface area contributed by atoms with E-state index in [2.05, 4.69) is 10.3 Å². The van der Waals surface area contributed by atoms with E-state index >= 15 is 0 Å². The summed E-state index contributed by atoms with van der Waals surface area (Å²) in [5.74, 6) is -0.468. The van der Waals surface area contributed by atoms with Crippen molar-refractivity contribution >= 4 is 52.2 Å². The topological polar surface area (TPSA) is 91.9 Å². The largest absolute Gasteiger partial charge is 0.478 e. The van der Waals surface area contributed by atoms with Gasteiger partial charge >= 0.3 is 5.97 Å². The van der Waals surface area contributed by atoms with Crippen molar-refractivity contribution < 1.29 is 19.1 Å². The molecule has 3 aromatic rings. The Morgan fingerprint density at radius 2 is 2.00 bits per heavy atom. The molecule has 2 aromatic carbocycles. The number of aromatic carboxylic acids is 1.